The maximum absolute atomic E-state index is 12.6. The van der Waals surface area contributed by atoms with Gasteiger partial charge in [0.25, 0.3) is 0 Å². The van der Waals surface area contributed by atoms with Crippen LogP contribution in [0.3, 0.4) is 0 Å². The van der Waals surface area contributed by atoms with Gasteiger partial charge in [-0.1, -0.05) is 11.6 Å². The van der Waals surface area contributed by atoms with E-state index in [4.69, 9.17) is 26.8 Å². The Labute approximate surface area is 151 Å². The smallest absolute Gasteiger partial charge is 0.226 e. The number of rotatable bonds is 4. The van der Waals surface area contributed by atoms with Gasteiger partial charge in [0.1, 0.15) is 24.2 Å². The number of nitrogens with two attached hydrogens (primary N) is 1. The van der Waals surface area contributed by atoms with E-state index < -0.39 is 5.79 Å². The number of nitrogens with one attached hydrogen (secondary N) is 2. The van der Waals surface area contributed by atoms with E-state index in [1.54, 1.807) is 0 Å². The van der Waals surface area contributed by atoms with Gasteiger partial charge in [-0.25, -0.2) is 9.97 Å². The normalized spacial score (nSPS) is 30.3. The lowest BCUT2D eigenvalue weighted by Crippen LogP contribution is -2.40. The quantitative estimate of drug-likeness (QED) is 0.690. The molecule has 2 heterocycles. The highest BCUT2D eigenvalue weighted by Gasteiger charge is 2.56. The molecule has 2 aliphatic rings. The second-order valence-corrected chi connectivity index (χ2v) is 7.61. The average molecular weight is 370 g/mol. The molecule has 1 aliphatic heterocycles. The third-order valence-electron chi connectivity index (χ3n) is 4.39. The fourth-order valence-electron chi connectivity index (χ4n) is 3.43. The maximum atomic E-state index is 12.6. The highest BCUT2D eigenvalue weighted by Crippen LogP contribution is 2.43. The molecule has 4 N–H and O–H groups in total. The van der Waals surface area contributed by atoms with Gasteiger partial charge in [0.2, 0.25) is 5.91 Å². The fraction of sp³-hybridized carbons (Fsp3) is 0.688. The molecule has 138 valence electrons. The van der Waals surface area contributed by atoms with E-state index in [1.807, 2.05) is 27.7 Å². The number of carbonyl (C=O) groups excluding carboxylic acids is 1. The molecule has 1 aromatic heterocycles. The van der Waals surface area contributed by atoms with Gasteiger partial charge in [-0.3, -0.25) is 4.79 Å². The van der Waals surface area contributed by atoms with Gasteiger partial charge in [-0.2, -0.15) is 0 Å². The largest absolute Gasteiger partial charge is 0.393 e. The Balaban J connectivity index is 1.82. The van der Waals surface area contributed by atoms with E-state index in [0.29, 0.717) is 12.2 Å². The molecular weight excluding hydrogens is 346 g/mol. The molecule has 0 spiro atoms. The second kappa shape index (κ2) is 6.59. The van der Waals surface area contributed by atoms with Crippen LogP contribution >= 0.6 is 11.6 Å². The summed E-state index contributed by atoms with van der Waals surface area (Å²) < 4.78 is 12.0. The van der Waals surface area contributed by atoms with Gasteiger partial charge in [0.05, 0.1) is 12.0 Å². The van der Waals surface area contributed by atoms with Crippen LogP contribution in [0.1, 0.15) is 34.1 Å². The van der Waals surface area contributed by atoms with Crippen molar-refractivity contribution in [2.24, 2.45) is 5.92 Å². The summed E-state index contributed by atoms with van der Waals surface area (Å²) in [6, 6.07) is -0.118. The third-order valence-corrected chi connectivity index (χ3v) is 4.69. The van der Waals surface area contributed by atoms with Crippen molar-refractivity contribution in [1.82, 2.24) is 15.3 Å². The summed E-state index contributed by atoms with van der Waals surface area (Å²) in [4.78, 5) is 20.6. The fourth-order valence-corrected chi connectivity index (χ4v) is 3.57. The minimum absolute atomic E-state index is 0.0377. The highest BCUT2D eigenvalue weighted by atomic mass is 35.5. The molecular formula is C16H24ClN5O3. The number of carbonyl (C=O) groups is 1. The van der Waals surface area contributed by atoms with E-state index in [0.717, 1.165) is 0 Å². The van der Waals surface area contributed by atoms with Crippen molar-refractivity contribution >= 4 is 29.0 Å². The maximum Gasteiger partial charge on any atom is 0.226 e. The van der Waals surface area contributed by atoms with E-state index in [1.165, 1.54) is 6.33 Å². The molecule has 0 bridgehead atoms. The van der Waals surface area contributed by atoms with Crippen molar-refractivity contribution in [1.29, 1.82) is 0 Å². The predicted octanol–water partition coefficient (Wildman–Crippen LogP) is 1.56. The number of aromatic nitrogens is 2. The summed E-state index contributed by atoms with van der Waals surface area (Å²) in [5, 5.41) is 6.39. The topological polar surface area (TPSA) is 111 Å². The Kier molecular flexibility index (Phi) is 4.78. The molecule has 4 atom stereocenters. The minimum atomic E-state index is -0.749. The van der Waals surface area contributed by atoms with Crippen molar-refractivity contribution in [2.45, 2.75) is 64.2 Å². The average Bonchev–Trinajstić information content (AvgIpc) is 2.97. The Morgan fingerprint density at radius 3 is 2.72 bits per heavy atom. The van der Waals surface area contributed by atoms with Gasteiger partial charge in [-0.05, 0) is 34.1 Å². The van der Waals surface area contributed by atoms with E-state index >= 15 is 0 Å². The lowest BCUT2D eigenvalue weighted by Gasteiger charge is -2.24. The number of halogens is 1. The highest BCUT2D eigenvalue weighted by molar-refractivity contribution is 6.32. The van der Waals surface area contributed by atoms with Crippen molar-refractivity contribution in [3.8, 4) is 0 Å². The van der Waals surface area contributed by atoms with Gasteiger partial charge < -0.3 is 25.8 Å². The first-order chi connectivity index (χ1) is 11.7. The molecule has 8 nitrogen and oxygen atoms in total. The molecule has 1 aliphatic carbocycles. The van der Waals surface area contributed by atoms with Crippen LogP contribution in [0.15, 0.2) is 6.33 Å². The molecule has 1 amide bonds. The first-order valence-electron chi connectivity index (χ1n) is 8.36. The molecule has 0 radical (unpaired) electrons. The summed E-state index contributed by atoms with van der Waals surface area (Å²) in [5.41, 5.74) is 6.21. The van der Waals surface area contributed by atoms with E-state index in [9.17, 15) is 4.79 Å². The Morgan fingerprint density at radius 2 is 2.04 bits per heavy atom. The first-order valence-corrected chi connectivity index (χ1v) is 8.74. The first kappa shape index (κ1) is 18.2. The number of hydrogen-bond donors (Lipinski definition) is 3. The van der Waals surface area contributed by atoms with Crippen LogP contribution in [0.5, 0.6) is 0 Å². The second-order valence-electron chi connectivity index (χ2n) is 7.25. The lowest BCUT2D eigenvalue weighted by molar-refractivity contribution is -0.160. The van der Waals surface area contributed by atoms with Crippen LogP contribution in [-0.2, 0) is 14.3 Å². The molecule has 2 fully saturated rings. The van der Waals surface area contributed by atoms with Crippen LogP contribution in [-0.4, -0.2) is 46.0 Å². The SMILES string of the molecule is CC(C)NC(=O)[C@H]1C[C@@H](Nc2ncnc(Cl)c2N)[C@@H]2OC(C)(C)O[C@@H]21. The monoisotopic (exact) mass is 369 g/mol. The number of fused-ring (bicyclic) bond motifs is 1. The molecule has 1 saturated heterocycles. The summed E-state index contributed by atoms with van der Waals surface area (Å²) >= 11 is 5.96. The van der Waals surface area contributed by atoms with Crippen molar-refractivity contribution in [3.63, 3.8) is 0 Å². The van der Waals surface area contributed by atoms with Crippen molar-refractivity contribution in [3.05, 3.63) is 11.5 Å². The summed E-state index contributed by atoms with van der Waals surface area (Å²) in [6.07, 6.45) is 1.27. The van der Waals surface area contributed by atoms with E-state index in [-0.39, 0.29) is 47.0 Å². The number of hydrogen-bond acceptors (Lipinski definition) is 7. The number of ether oxygens (including phenoxy) is 2. The number of anilines is 2. The Hall–Kier alpha value is -1.64. The van der Waals surface area contributed by atoms with Gasteiger partial charge in [-0.15, -0.1) is 0 Å². The number of nitrogens with zero attached hydrogens (tertiary/aromatic N) is 2. The molecule has 1 saturated carbocycles. The van der Waals surface area contributed by atoms with E-state index in [2.05, 4.69) is 20.6 Å². The molecule has 0 unspecified atom stereocenters. The Morgan fingerprint density at radius 1 is 1.36 bits per heavy atom. The van der Waals surface area contributed by atoms with Crippen LogP contribution in [0.2, 0.25) is 5.15 Å². The Bertz CT molecular complexity index is 669. The summed E-state index contributed by atoms with van der Waals surface area (Å²) in [7, 11) is 0. The van der Waals surface area contributed by atoms with Crippen LogP contribution < -0.4 is 16.4 Å². The molecule has 9 heteroatoms. The standard InChI is InChI=1S/C16H24ClN5O3/c1-7(2)21-15(23)8-5-9(12-11(8)24-16(3,4)25-12)22-14-10(18)13(17)19-6-20-14/h6-9,11-12H,5,18H2,1-4H3,(H,21,23)(H,19,20,22)/t8-,9+,11+,12-/m0/s1. The van der Waals surface area contributed by atoms with Crippen LogP contribution in [0, 0.1) is 5.92 Å². The lowest BCUT2D eigenvalue weighted by atomic mass is 10.0. The zero-order valence-electron chi connectivity index (χ0n) is 14.7. The zero-order chi connectivity index (χ0) is 18.4. The predicted molar refractivity (Wildman–Crippen MR) is 94.1 cm³/mol. The zero-order valence-corrected chi connectivity index (χ0v) is 15.5. The van der Waals surface area contributed by atoms with Crippen molar-refractivity contribution in [2.75, 3.05) is 11.1 Å². The molecule has 3 rings (SSSR count). The van der Waals surface area contributed by atoms with Gasteiger partial charge in [0, 0.05) is 6.04 Å². The van der Waals surface area contributed by atoms with Crippen LogP contribution in [0.25, 0.3) is 0 Å². The molecule has 25 heavy (non-hydrogen) atoms. The minimum Gasteiger partial charge on any atom is -0.393 e. The molecule has 0 aromatic carbocycles. The van der Waals surface area contributed by atoms with Gasteiger partial charge in [0.15, 0.2) is 16.8 Å². The third kappa shape index (κ3) is 3.65. The van der Waals surface area contributed by atoms with Crippen molar-refractivity contribution < 1.29 is 14.3 Å². The summed E-state index contributed by atoms with van der Waals surface area (Å²) in [6.45, 7) is 7.55. The number of amides is 1. The van der Waals surface area contributed by atoms with Crippen LogP contribution in [0.4, 0.5) is 11.5 Å². The number of nitrogen functional groups attached to an aromatic ring is 1. The van der Waals surface area contributed by atoms with Gasteiger partial charge >= 0.3 is 0 Å². The molecule has 1 aromatic rings. The summed E-state index contributed by atoms with van der Waals surface area (Å²) in [5.74, 6) is -0.669.